The van der Waals surface area contributed by atoms with Gasteiger partial charge in [-0.1, -0.05) is 42.2 Å². The zero-order valence-electron chi connectivity index (χ0n) is 16.0. The molecule has 1 aromatic heterocycles. The maximum absolute atomic E-state index is 13.8. The molecule has 1 saturated heterocycles. The predicted octanol–water partition coefficient (Wildman–Crippen LogP) is 3.45. The van der Waals surface area contributed by atoms with Crippen molar-refractivity contribution in [2.45, 2.75) is 31.1 Å². The molecule has 5 nitrogen and oxygen atoms in total. The number of hydrogen-bond acceptors (Lipinski definition) is 4. The number of carbonyl (C=O) groups is 1. The van der Waals surface area contributed by atoms with Gasteiger partial charge >= 0.3 is 0 Å². The third kappa shape index (κ3) is 4.23. The monoisotopic (exact) mass is 431 g/mol. The molecule has 3 unspecified atom stereocenters. The highest BCUT2D eigenvalue weighted by atomic mass is 32.2. The summed E-state index contributed by atoms with van der Waals surface area (Å²) in [7, 11) is 0. The number of nitrogens with one attached hydrogen (secondary N) is 1. The van der Waals surface area contributed by atoms with Crippen LogP contribution in [0.4, 0.5) is 10.1 Å². The fourth-order valence-corrected chi connectivity index (χ4v) is 5.47. The van der Waals surface area contributed by atoms with Crippen LogP contribution >= 0.6 is 24.0 Å². The fourth-order valence-electron chi connectivity index (χ4n) is 4.12. The molecular formula is C21H22FN3O2S2. The third-order valence-electron chi connectivity index (χ3n) is 5.52. The zero-order chi connectivity index (χ0) is 20.5. The number of aromatic nitrogens is 1. The van der Waals surface area contributed by atoms with E-state index in [-0.39, 0.29) is 23.1 Å². The normalized spacial score (nSPS) is 21.2. The van der Waals surface area contributed by atoms with E-state index in [0.29, 0.717) is 16.8 Å². The number of likely N-dealkylation sites (tertiary alicyclic amines) is 1. The van der Waals surface area contributed by atoms with Gasteiger partial charge in [-0.2, -0.15) is 0 Å². The van der Waals surface area contributed by atoms with Gasteiger partial charge in [0.1, 0.15) is 10.1 Å². The van der Waals surface area contributed by atoms with Gasteiger partial charge in [-0.25, -0.2) is 4.39 Å². The van der Waals surface area contributed by atoms with Crippen molar-refractivity contribution in [2.75, 3.05) is 18.4 Å². The Balaban J connectivity index is 1.40. The highest BCUT2D eigenvalue weighted by molar-refractivity contribution is 8.23. The number of piperidine rings is 1. The summed E-state index contributed by atoms with van der Waals surface area (Å²) in [5.41, 5.74) is 1.29. The second-order valence-corrected chi connectivity index (χ2v) is 9.57. The van der Waals surface area contributed by atoms with Gasteiger partial charge in [0.15, 0.2) is 0 Å². The smallest absolute Gasteiger partial charge is 0.250 e. The molecule has 0 radical (unpaired) electrons. The number of pyridine rings is 1. The molecule has 0 saturated carbocycles. The van der Waals surface area contributed by atoms with E-state index in [0.717, 1.165) is 25.2 Å². The zero-order valence-corrected chi connectivity index (χ0v) is 17.6. The summed E-state index contributed by atoms with van der Waals surface area (Å²) in [5.74, 6) is -0.116. The fraction of sp³-hybridized carbons (Fsp3) is 0.381. The van der Waals surface area contributed by atoms with E-state index in [4.69, 9.17) is 12.2 Å². The lowest BCUT2D eigenvalue weighted by Gasteiger charge is -2.43. The topological polar surface area (TPSA) is 54.3 Å². The van der Waals surface area contributed by atoms with E-state index in [2.05, 4.69) is 10.2 Å². The number of thioether (sulfide) groups is 1. The minimum Gasteiger partial charge on any atom is -0.356 e. The Morgan fingerprint density at radius 3 is 2.79 bits per heavy atom. The van der Waals surface area contributed by atoms with Gasteiger partial charge in [-0.15, -0.1) is 0 Å². The highest BCUT2D eigenvalue weighted by Crippen LogP contribution is 2.36. The number of halogens is 1. The van der Waals surface area contributed by atoms with Crippen LogP contribution in [-0.4, -0.2) is 38.0 Å². The Morgan fingerprint density at radius 1 is 1.21 bits per heavy atom. The largest absolute Gasteiger partial charge is 0.356 e. The number of hydrogen-bond donors (Lipinski definition) is 1. The van der Waals surface area contributed by atoms with Crippen molar-refractivity contribution in [3.63, 3.8) is 0 Å². The van der Waals surface area contributed by atoms with Crippen molar-refractivity contribution < 1.29 is 9.18 Å². The Bertz CT molecular complexity index is 1010. The van der Waals surface area contributed by atoms with Crippen LogP contribution in [0.2, 0.25) is 0 Å². The van der Waals surface area contributed by atoms with Crippen molar-refractivity contribution >= 4 is 39.9 Å². The SMILES string of the molecule is CC(SC(=S)N1CC2CC(C1)c1cccc(=O)n1C2)C(=O)Nc1ccccc1F. The van der Waals surface area contributed by atoms with E-state index in [1.165, 1.54) is 23.9 Å². The summed E-state index contributed by atoms with van der Waals surface area (Å²) < 4.78 is 16.3. The van der Waals surface area contributed by atoms with Crippen LogP contribution in [0.3, 0.4) is 0 Å². The second-order valence-electron chi connectivity index (χ2n) is 7.60. The molecule has 3 atom stereocenters. The molecule has 2 bridgehead atoms. The molecule has 2 aliphatic rings. The average Bonchev–Trinajstić information content (AvgIpc) is 2.70. The summed E-state index contributed by atoms with van der Waals surface area (Å²) in [6, 6.07) is 11.6. The first kappa shape index (κ1) is 20.1. The number of carbonyl (C=O) groups excluding carboxylic acids is 1. The van der Waals surface area contributed by atoms with Crippen LogP contribution in [0.25, 0.3) is 0 Å². The van der Waals surface area contributed by atoms with Gasteiger partial charge in [-0.3, -0.25) is 9.59 Å². The van der Waals surface area contributed by atoms with Crippen LogP contribution in [0.15, 0.2) is 47.3 Å². The number of thiocarbonyl (C=S) groups is 1. The maximum atomic E-state index is 13.8. The first-order valence-corrected chi connectivity index (χ1v) is 10.9. The predicted molar refractivity (Wildman–Crippen MR) is 118 cm³/mol. The van der Waals surface area contributed by atoms with Gasteiger partial charge in [0.2, 0.25) is 5.91 Å². The molecule has 2 aromatic rings. The van der Waals surface area contributed by atoms with Crippen LogP contribution in [0, 0.1) is 11.7 Å². The Hall–Kier alpha value is -2.19. The number of amides is 1. The molecule has 1 amide bonds. The lowest BCUT2D eigenvalue weighted by atomic mass is 9.83. The van der Waals surface area contributed by atoms with Gasteiger partial charge in [-0.05, 0) is 37.5 Å². The van der Waals surface area contributed by atoms with Crippen LogP contribution in [0.1, 0.15) is 25.0 Å². The summed E-state index contributed by atoms with van der Waals surface area (Å²) in [4.78, 5) is 26.8. The molecule has 3 heterocycles. The molecule has 29 heavy (non-hydrogen) atoms. The van der Waals surface area contributed by atoms with Gasteiger partial charge in [0.25, 0.3) is 5.56 Å². The third-order valence-corrected chi connectivity index (χ3v) is 7.09. The van der Waals surface area contributed by atoms with Gasteiger partial charge < -0.3 is 14.8 Å². The number of fused-ring (bicyclic) bond motifs is 4. The van der Waals surface area contributed by atoms with E-state index in [9.17, 15) is 14.0 Å². The lowest BCUT2D eigenvalue weighted by Crippen LogP contribution is -2.48. The molecule has 0 aliphatic carbocycles. The van der Waals surface area contributed by atoms with E-state index in [1.807, 2.05) is 16.7 Å². The van der Waals surface area contributed by atoms with E-state index < -0.39 is 11.1 Å². The maximum Gasteiger partial charge on any atom is 0.250 e. The van der Waals surface area contributed by atoms with E-state index in [1.54, 1.807) is 25.1 Å². The minimum atomic E-state index is -0.460. The van der Waals surface area contributed by atoms with Crippen LogP contribution in [-0.2, 0) is 11.3 Å². The summed E-state index contributed by atoms with van der Waals surface area (Å²) in [6.07, 6.45) is 1.05. The Kier molecular flexibility index (Phi) is 5.74. The van der Waals surface area contributed by atoms with Crippen molar-refractivity contribution in [3.05, 3.63) is 64.3 Å². The summed E-state index contributed by atoms with van der Waals surface area (Å²) in [5, 5.41) is 2.18. The van der Waals surface area contributed by atoms with Gasteiger partial charge in [0, 0.05) is 37.3 Å². The molecule has 1 fully saturated rings. The van der Waals surface area contributed by atoms with Crippen molar-refractivity contribution in [3.8, 4) is 0 Å². The van der Waals surface area contributed by atoms with E-state index >= 15 is 0 Å². The number of rotatable bonds is 3. The lowest BCUT2D eigenvalue weighted by molar-refractivity contribution is -0.115. The minimum absolute atomic E-state index is 0.0565. The quantitative estimate of drug-likeness (QED) is 0.755. The molecule has 152 valence electrons. The number of para-hydroxylation sites is 1. The molecule has 1 aromatic carbocycles. The van der Waals surface area contributed by atoms with Crippen molar-refractivity contribution in [2.24, 2.45) is 5.92 Å². The molecule has 8 heteroatoms. The second kappa shape index (κ2) is 8.28. The average molecular weight is 432 g/mol. The number of anilines is 1. The standard InChI is InChI=1S/C21H22FN3O2S2/c1-13(20(27)23-17-6-3-2-5-16(17)22)29-21(28)24-10-14-9-15(12-24)18-7-4-8-19(26)25(18)11-14/h2-8,13-15H,9-12H2,1H3,(H,23,27). The highest BCUT2D eigenvalue weighted by Gasteiger charge is 2.35. The summed E-state index contributed by atoms with van der Waals surface area (Å²) in [6.45, 7) is 4.00. The molecule has 2 aliphatic heterocycles. The molecular weight excluding hydrogens is 409 g/mol. The van der Waals surface area contributed by atoms with Crippen molar-refractivity contribution in [1.82, 2.24) is 9.47 Å². The van der Waals surface area contributed by atoms with Crippen LogP contribution in [0.5, 0.6) is 0 Å². The first-order valence-electron chi connectivity index (χ1n) is 9.63. The first-order chi connectivity index (χ1) is 13.9. The number of benzene rings is 1. The molecule has 0 spiro atoms. The van der Waals surface area contributed by atoms with Crippen molar-refractivity contribution in [1.29, 1.82) is 0 Å². The van der Waals surface area contributed by atoms with Gasteiger partial charge in [0.05, 0.1) is 10.9 Å². The van der Waals surface area contributed by atoms with Crippen LogP contribution < -0.4 is 10.9 Å². The summed E-state index contributed by atoms with van der Waals surface area (Å²) >= 11 is 6.95. The Morgan fingerprint density at radius 2 is 2.00 bits per heavy atom. The molecule has 1 N–H and O–H groups in total. The molecule has 4 rings (SSSR count). The number of nitrogens with zero attached hydrogens (tertiary/aromatic N) is 2. The Labute approximate surface area is 178 Å².